The Morgan fingerprint density at radius 1 is 1.20 bits per heavy atom. The van der Waals surface area contributed by atoms with Gasteiger partial charge in [0.15, 0.2) is 5.96 Å². The molecule has 25 heavy (non-hydrogen) atoms. The van der Waals surface area contributed by atoms with Gasteiger partial charge in [-0.15, -0.1) is 0 Å². The van der Waals surface area contributed by atoms with Gasteiger partial charge in [0.05, 0.1) is 5.56 Å². The molecule has 1 aliphatic rings. The number of rotatable bonds is 3. The maximum absolute atomic E-state index is 13.0. The van der Waals surface area contributed by atoms with Crippen molar-refractivity contribution < 1.29 is 17.9 Å². The van der Waals surface area contributed by atoms with Crippen LogP contribution in [0.1, 0.15) is 18.4 Å². The van der Waals surface area contributed by atoms with Gasteiger partial charge in [-0.05, 0) is 38.1 Å². The number of nitrogens with two attached hydrogens (primary N) is 3. The van der Waals surface area contributed by atoms with Crippen LogP contribution >= 0.6 is 0 Å². The van der Waals surface area contributed by atoms with E-state index in [1.165, 1.54) is 6.07 Å². The summed E-state index contributed by atoms with van der Waals surface area (Å²) in [7, 11) is 2.00. The minimum atomic E-state index is -4.51. The molecule has 138 valence electrons. The first-order chi connectivity index (χ1) is 11.6. The van der Waals surface area contributed by atoms with Gasteiger partial charge in [-0.25, -0.2) is 4.99 Å². The Balaban J connectivity index is 2.32. The summed E-state index contributed by atoms with van der Waals surface area (Å²) in [5.74, 6) is -0.491. The Labute approximate surface area is 143 Å². The molecular weight excluding hydrogens is 337 g/mol. The van der Waals surface area contributed by atoms with Crippen molar-refractivity contribution in [1.29, 1.82) is 0 Å². The molecule has 0 saturated carbocycles. The molecule has 1 aliphatic heterocycles. The zero-order valence-corrected chi connectivity index (χ0v) is 13.8. The normalized spacial score (nSPS) is 17.4. The van der Waals surface area contributed by atoms with Crippen molar-refractivity contribution in [2.45, 2.75) is 25.1 Å². The molecule has 0 spiro atoms. The molecule has 0 amide bonds. The molecule has 1 fully saturated rings. The van der Waals surface area contributed by atoms with Gasteiger partial charge < -0.3 is 26.8 Å². The van der Waals surface area contributed by atoms with Crippen molar-refractivity contribution in [3.8, 4) is 5.75 Å². The molecule has 2 rings (SSSR count). The summed E-state index contributed by atoms with van der Waals surface area (Å²) in [6, 6.07) is 3.04. The van der Waals surface area contributed by atoms with E-state index in [1.807, 2.05) is 7.05 Å². The number of piperidine rings is 1. The first kappa shape index (κ1) is 18.8. The number of likely N-dealkylation sites (tertiary alicyclic amines) is 1. The largest absolute Gasteiger partial charge is 0.488 e. The van der Waals surface area contributed by atoms with E-state index in [-0.39, 0.29) is 29.5 Å². The molecule has 0 unspecified atom stereocenters. The first-order valence-corrected chi connectivity index (χ1v) is 7.65. The van der Waals surface area contributed by atoms with Crippen LogP contribution in [0.5, 0.6) is 5.75 Å². The molecule has 0 aromatic heterocycles. The van der Waals surface area contributed by atoms with Crippen LogP contribution in [-0.2, 0) is 6.18 Å². The number of benzene rings is 1. The summed E-state index contributed by atoms with van der Waals surface area (Å²) in [5.41, 5.74) is 15.0. The second-order valence-electron chi connectivity index (χ2n) is 5.81. The van der Waals surface area contributed by atoms with Crippen molar-refractivity contribution >= 4 is 17.6 Å². The van der Waals surface area contributed by atoms with Crippen LogP contribution < -0.4 is 21.9 Å². The molecule has 10 heteroatoms. The molecule has 1 saturated heterocycles. The monoisotopic (exact) mass is 358 g/mol. The maximum Gasteiger partial charge on any atom is 0.416 e. The number of guanidine groups is 2. The predicted molar refractivity (Wildman–Crippen MR) is 89.7 cm³/mol. The van der Waals surface area contributed by atoms with Crippen LogP contribution in [0.15, 0.2) is 28.2 Å². The van der Waals surface area contributed by atoms with E-state index in [0.717, 1.165) is 38.1 Å². The molecule has 0 radical (unpaired) electrons. The van der Waals surface area contributed by atoms with E-state index in [9.17, 15) is 13.2 Å². The lowest BCUT2D eigenvalue weighted by Gasteiger charge is -2.29. The summed E-state index contributed by atoms with van der Waals surface area (Å²) in [6.45, 7) is 1.69. The average Bonchev–Trinajstić information content (AvgIpc) is 2.49. The number of halogens is 3. The number of alkyl halides is 3. The van der Waals surface area contributed by atoms with Gasteiger partial charge in [-0.2, -0.15) is 18.2 Å². The van der Waals surface area contributed by atoms with E-state index < -0.39 is 11.7 Å². The molecule has 0 aliphatic carbocycles. The lowest BCUT2D eigenvalue weighted by Crippen LogP contribution is -2.35. The van der Waals surface area contributed by atoms with Gasteiger partial charge >= 0.3 is 6.18 Å². The van der Waals surface area contributed by atoms with Gasteiger partial charge in [0, 0.05) is 13.1 Å². The van der Waals surface area contributed by atoms with Gasteiger partial charge in [0.2, 0.25) is 5.96 Å². The van der Waals surface area contributed by atoms with Crippen LogP contribution in [0.25, 0.3) is 0 Å². The van der Waals surface area contributed by atoms with E-state index >= 15 is 0 Å². The van der Waals surface area contributed by atoms with Gasteiger partial charge in [-0.3, -0.25) is 0 Å². The van der Waals surface area contributed by atoms with Crippen LogP contribution in [0.3, 0.4) is 0 Å². The van der Waals surface area contributed by atoms with E-state index in [2.05, 4.69) is 14.9 Å². The van der Waals surface area contributed by atoms with Gasteiger partial charge in [0.1, 0.15) is 17.5 Å². The van der Waals surface area contributed by atoms with Crippen LogP contribution in [0.2, 0.25) is 0 Å². The Kier molecular flexibility index (Phi) is 5.73. The fourth-order valence-electron chi connectivity index (χ4n) is 2.44. The standard InChI is InChI=1S/C15H21F3N6O/c1-24-6-4-10(5-7-24)25-12-3-2-9(15(16,17)18)8-11(12)22-14(21)23-13(19)20/h2-3,8,10H,4-7H2,1H3,(H6,19,20,21,22,23). The Morgan fingerprint density at radius 3 is 2.40 bits per heavy atom. The van der Waals surface area contributed by atoms with Crippen molar-refractivity contribution in [2.75, 3.05) is 20.1 Å². The molecule has 1 aromatic rings. The van der Waals surface area contributed by atoms with Gasteiger partial charge in [-0.1, -0.05) is 0 Å². The number of hydrogen-bond acceptors (Lipinski definition) is 3. The van der Waals surface area contributed by atoms with Crippen molar-refractivity contribution in [1.82, 2.24) is 4.90 Å². The fraction of sp³-hybridized carbons (Fsp3) is 0.467. The summed E-state index contributed by atoms with van der Waals surface area (Å²) < 4.78 is 44.7. The third kappa shape index (κ3) is 5.52. The maximum atomic E-state index is 13.0. The highest BCUT2D eigenvalue weighted by atomic mass is 19.4. The second kappa shape index (κ2) is 7.60. The van der Waals surface area contributed by atoms with Gasteiger partial charge in [0.25, 0.3) is 0 Å². The number of hydrogen-bond donors (Lipinski definition) is 3. The zero-order valence-electron chi connectivity index (χ0n) is 13.8. The Morgan fingerprint density at radius 2 is 1.84 bits per heavy atom. The molecule has 6 N–H and O–H groups in total. The molecule has 0 atom stereocenters. The Bertz CT molecular complexity index is 662. The minimum Gasteiger partial charge on any atom is -0.488 e. The number of aliphatic imine (C=N–C) groups is 2. The second-order valence-corrected chi connectivity index (χ2v) is 5.81. The molecular formula is C15H21F3N6O. The lowest BCUT2D eigenvalue weighted by molar-refractivity contribution is -0.137. The highest BCUT2D eigenvalue weighted by Gasteiger charge is 2.31. The molecule has 1 heterocycles. The summed E-state index contributed by atoms with van der Waals surface area (Å²) >= 11 is 0. The summed E-state index contributed by atoms with van der Waals surface area (Å²) in [5, 5.41) is 0. The average molecular weight is 358 g/mol. The van der Waals surface area contributed by atoms with Crippen molar-refractivity contribution in [3.05, 3.63) is 23.8 Å². The van der Waals surface area contributed by atoms with Crippen molar-refractivity contribution in [2.24, 2.45) is 27.2 Å². The minimum absolute atomic E-state index is 0.0729. The Hall–Kier alpha value is -2.49. The zero-order chi connectivity index (χ0) is 18.6. The van der Waals surface area contributed by atoms with Crippen LogP contribution in [-0.4, -0.2) is 43.1 Å². The molecule has 0 bridgehead atoms. The highest BCUT2D eigenvalue weighted by Crippen LogP contribution is 2.37. The number of ether oxygens (including phenoxy) is 1. The smallest absolute Gasteiger partial charge is 0.416 e. The fourth-order valence-corrected chi connectivity index (χ4v) is 2.44. The number of nitrogens with zero attached hydrogens (tertiary/aromatic N) is 3. The van der Waals surface area contributed by atoms with Crippen LogP contribution in [0.4, 0.5) is 18.9 Å². The molecule has 7 nitrogen and oxygen atoms in total. The SMILES string of the molecule is CN1CCC(Oc2ccc(C(F)(F)F)cc2N=C(N)N=C(N)N)CC1. The van der Waals surface area contributed by atoms with E-state index in [0.29, 0.717) is 0 Å². The summed E-state index contributed by atoms with van der Waals surface area (Å²) in [6.07, 6.45) is -3.08. The third-order valence-corrected chi connectivity index (χ3v) is 3.72. The summed E-state index contributed by atoms with van der Waals surface area (Å²) in [4.78, 5) is 9.54. The quantitative estimate of drug-likeness (QED) is 0.558. The first-order valence-electron chi connectivity index (χ1n) is 7.65. The topological polar surface area (TPSA) is 115 Å². The highest BCUT2D eigenvalue weighted by molar-refractivity contribution is 5.93. The van der Waals surface area contributed by atoms with E-state index in [1.54, 1.807) is 0 Å². The predicted octanol–water partition coefficient (Wildman–Crippen LogP) is 1.40. The van der Waals surface area contributed by atoms with E-state index in [4.69, 9.17) is 21.9 Å². The third-order valence-electron chi connectivity index (χ3n) is 3.72. The lowest BCUT2D eigenvalue weighted by atomic mass is 10.1. The van der Waals surface area contributed by atoms with Crippen LogP contribution in [0, 0.1) is 0 Å². The molecule has 1 aromatic carbocycles. The van der Waals surface area contributed by atoms with Crippen molar-refractivity contribution in [3.63, 3.8) is 0 Å².